The average molecular weight is 328 g/mol. The molecule has 0 aliphatic carbocycles. The lowest BCUT2D eigenvalue weighted by atomic mass is 10.1. The molecule has 2 aromatic rings. The SMILES string of the molecule is CN(C)CCC(/C=C/c1ccccc1)=N\Nc1ccc(Cl)cc1. The van der Waals surface area contributed by atoms with Crippen LogP contribution >= 0.6 is 11.6 Å². The summed E-state index contributed by atoms with van der Waals surface area (Å²) in [4.78, 5) is 2.15. The molecule has 0 radical (unpaired) electrons. The maximum atomic E-state index is 5.90. The quantitative estimate of drug-likeness (QED) is 0.585. The highest BCUT2D eigenvalue weighted by Gasteiger charge is 1.98. The molecule has 0 bridgehead atoms. The van der Waals surface area contributed by atoms with E-state index in [1.165, 1.54) is 0 Å². The largest absolute Gasteiger partial charge is 0.309 e. The zero-order chi connectivity index (χ0) is 16.5. The van der Waals surface area contributed by atoms with Gasteiger partial charge >= 0.3 is 0 Å². The molecule has 3 nitrogen and oxygen atoms in total. The van der Waals surface area contributed by atoms with Gasteiger partial charge in [0, 0.05) is 18.0 Å². The number of benzene rings is 2. The van der Waals surface area contributed by atoms with Crippen LogP contribution in [0.15, 0.2) is 65.8 Å². The van der Waals surface area contributed by atoms with Crippen molar-refractivity contribution in [2.45, 2.75) is 6.42 Å². The molecule has 1 N–H and O–H groups in total. The van der Waals surface area contributed by atoms with Gasteiger partial charge in [-0.25, -0.2) is 0 Å². The zero-order valence-corrected chi connectivity index (χ0v) is 14.3. The van der Waals surface area contributed by atoms with E-state index in [1.807, 2.05) is 42.5 Å². The minimum atomic E-state index is 0.719. The maximum Gasteiger partial charge on any atom is 0.0620 e. The Labute approximate surface area is 143 Å². The first kappa shape index (κ1) is 17.3. The molecule has 120 valence electrons. The first-order chi connectivity index (χ1) is 11.1. The Balaban J connectivity index is 2.07. The Morgan fingerprint density at radius 2 is 1.78 bits per heavy atom. The third-order valence-electron chi connectivity index (χ3n) is 3.26. The number of nitrogens with one attached hydrogen (secondary N) is 1. The smallest absolute Gasteiger partial charge is 0.0620 e. The van der Waals surface area contributed by atoms with Gasteiger partial charge in [0.2, 0.25) is 0 Å². The number of hydrazone groups is 1. The van der Waals surface area contributed by atoms with E-state index in [9.17, 15) is 0 Å². The van der Waals surface area contributed by atoms with Crippen LogP contribution in [0.4, 0.5) is 5.69 Å². The summed E-state index contributed by atoms with van der Waals surface area (Å²) in [5.74, 6) is 0. The molecule has 0 aliphatic rings. The van der Waals surface area contributed by atoms with Crippen molar-refractivity contribution < 1.29 is 0 Å². The van der Waals surface area contributed by atoms with E-state index >= 15 is 0 Å². The number of hydrogen-bond acceptors (Lipinski definition) is 3. The Bertz CT molecular complexity index is 646. The number of nitrogens with zero attached hydrogens (tertiary/aromatic N) is 2. The number of allylic oxidation sites excluding steroid dienone is 1. The van der Waals surface area contributed by atoms with Gasteiger partial charge < -0.3 is 4.90 Å². The molecule has 0 saturated heterocycles. The minimum absolute atomic E-state index is 0.719. The molecule has 0 spiro atoms. The van der Waals surface area contributed by atoms with Crippen LogP contribution in [0.1, 0.15) is 12.0 Å². The Kier molecular flexibility index (Phi) is 6.85. The Morgan fingerprint density at radius 1 is 1.09 bits per heavy atom. The van der Waals surface area contributed by atoms with Gasteiger partial charge in [0.1, 0.15) is 0 Å². The van der Waals surface area contributed by atoms with Crippen LogP contribution in [0.2, 0.25) is 5.02 Å². The standard InChI is InChI=1S/C19H22ClN3/c1-23(2)15-14-19(11-8-16-6-4-3-5-7-16)22-21-18-12-9-17(20)10-13-18/h3-13,21H,14-15H2,1-2H3/b11-8+,22-19-. The number of hydrogen-bond donors (Lipinski definition) is 1. The summed E-state index contributed by atoms with van der Waals surface area (Å²) in [7, 11) is 4.12. The fourth-order valence-electron chi connectivity index (χ4n) is 1.93. The van der Waals surface area contributed by atoms with Crippen LogP contribution in [0.25, 0.3) is 6.08 Å². The minimum Gasteiger partial charge on any atom is -0.309 e. The van der Waals surface area contributed by atoms with Crippen molar-refractivity contribution in [3.8, 4) is 0 Å². The van der Waals surface area contributed by atoms with Crippen molar-refractivity contribution in [2.75, 3.05) is 26.1 Å². The van der Waals surface area contributed by atoms with Gasteiger partial charge in [-0.2, -0.15) is 5.10 Å². The highest BCUT2D eigenvalue weighted by atomic mass is 35.5. The molecule has 0 amide bonds. The zero-order valence-electron chi connectivity index (χ0n) is 13.5. The Morgan fingerprint density at radius 3 is 2.43 bits per heavy atom. The highest BCUT2D eigenvalue weighted by molar-refractivity contribution is 6.30. The summed E-state index contributed by atoms with van der Waals surface area (Å²) in [6.45, 7) is 0.945. The number of rotatable bonds is 7. The van der Waals surface area contributed by atoms with E-state index in [1.54, 1.807) is 0 Å². The van der Waals surface area contributed by atoms with E-state index in [0.29, 0.717) is 0 Å². The first-order valence-electron chi connectivity index (χ1n) is 7.59. The van der Waals surface area contributed by atoms with Gasteiger partial charge in [-0.1, -0.05) is 48.0 Å². The molecular weight excluding hydrogens is 306 g/mol. The van der Waals surface area contributed by atoms with Crippen molar-refractivity contribution in [3.63, 3.8) is 0 Å². The van der Waals surface area contributed by atoms with Gasteiger partial charge in [0.15, 0.2) is 0 Å². The van der Waals surface area contributed by atoms with Crippen LogP contribution in [-0.4, -0.2) is 31.3 Å². The predicted molar refractivity (Wildman–Crippen MR) is 101 cm³/mol. The molecule has 0 heterocycles. The summed E-state index contributed by atoms with van der Waals surface area (Å²) in [5, 5.41) is 5.24. The van der Waals surface area contributed by atoms with Gasteiger partial charge in [-0.15, -0.1) is 0 Å². The van der Waals surface area contributed by atoms with E-state index in [-0.39, 0.29) is 0 Å². The van der Waals surface area contributed by atoms with Crippen LogP contribution < -0.4 is 5.43 Å². The molecule has 0 saturated carbocycles. The van der Waals surface area contributed by atoms with Crippen molar-refractivity contribution >= 4 is 29.1 Å². The molecule has 2 rings (SSSR count). The molecule has 23 heavy (non-hydrogen) atoms. The molecule has 0 aromatic heterocycles. The van der Waals surface area contributed by atoms with E-state index in [0.717, 1.165) is 35.0 Å². The number of anilines is 1. The van der Waals surface area contributed by atoms with Crippen molar-refractivity contribution in [1.82, 2.24) is 4.90 Å². The normalized spacial score (nSPS) is 12.1. The van der Waals surface area contributed by atoms with Crippen LogP contribution in [0.5, 0.6) is 0 Å². The van der Waals surface area contributed by atoms with Crippen LogP contribution in [0.3, 0.4) is 0 Å². The molecule has 0 aliphatic heterocycles. The monoisotopic (exact) mass is 327 g/mol. The molecular formula is C19H22ClN3. The van der Waals surface area contributed by atoms with E-state index in [2.05, 4.69) is 53.8 Å². The van der Waals surface area contributed by atoms with Gasteiger partial charge in [0.25, 0.3) is 0 Å². The van der Waals surface area contributed by atoms with Gasteiger partial charge in [-0.3, -0.25) is 5.43 Å². The predicted octanol–water partition coefficient (Wildman–Crippen LogP) is 4.77. The fraction of sp³-hybridized carbons (Fsp3) is 0.211. The molecule has 4 heteroatoms. The third kappa shape index (κ3) is 6.68. The summed E-state index contributed by atoms with van der Waals surface area (Å²) in [6, 6.07) is 17.7. The topological polar surface area (TPSA) is 27.6 Å². The van der Waals surface area contributed by atoms with Gasteiger partial charge in [0.05, 0.1) is 11.4 Å². The van der Waals surface area contributed by atoms with Crippen LogP contribution in [-0.2, 0) is 0 Å². The van der Waals surface area contributed by atoms with Gasteiger partial charge in [-0.05, 0) is 50.0 Å². The lowest BCUT2D eigenvalue weighted by molar-refractivity contribution is 0.422. The van der Waals surface area contributed by atoms with E-state index in [4.69, 9.17) is 11.6 Å². The second-order valence-corrected chi connectivity index (χ2v) is 5.96. The summed E-state index contributed by atoms with van der Waals surface area (Å²) >= 11 is 5.90. The lowest BCUT2D eigenvalue weighted by Gasteiger charge is -2.09. The van der Waals surface area contributed by atoms with Crippen LogP contribution in [0, 0.1) is 0 Å². The molecule has 0 unspecified atom stereocenters. The number of halogens is 1. The summed E-state index contributed by atoms with van der Waals surface area (Å²) < 4.78 is 0. The van der Waals surface area contributed by atoms with Crippen molar-refractivity contribution in [3.05, 3.63) is 71.3 Å². The third-order valence-corrected chi connectivity index (χ3v) is 3.51. The van der Waals surface area contributed by atoms with Crippen molar-refractivity contribution in [2.24, 2.45) is 5.10 Å². The molecule has 2 aromatic carbocycles. The fourth-order valence-corrected chi connectivity index (χ4v) is 2.06. The second-order valence-electron chi connectivity index (χ2n) is 5.52. The van der Waals surface area contributed by atoms with Crippen molar-refractivity contribution in [1.29, 1.82) is 0 Å². The maximum absolute atomic E-state index is 5.90. The second kappa shape index (κ2) is 9.13. The lowest BCUT2D eigenvalue weighted by Crippen LogP contribution is -2.16. The highest BCUT2D eigenvalue weighted by Crippen LogP contribution is 2.13. The van der Waals surface area contributed by atoms with E-state index < -0.39 is 0 Å². The molecule has 0 fully saturated rings. The first-order valence-corrected chi connectivity index (χ1v) is 7.97. The summed E-state index contributed by atoms with van der Waals surface area (Å²) in [6.07, 6.45) is 5.01. The average Bonchev–Trinajstić information content (AvgIpc) is 2.56. The Hall–Kier alpha value is -2.10. The molecule has 0 atom stereocenters. The summed E-state index contributed by atoms with van der Waals surface area (Å²) in [5.41, 5.74) is 6.17.